The van der Waals surface area contributed by atoms with E-state index >= 15 is 0 Å². The van der Waals surface area contributed by atoms with Crippen LogP contribution in [0.25, 0.3) is 0 Å². The fourth-order valence-electron chi connectivity index (χ4n) is 1.62. The lowest BCUT2D eigenvalue weighted by Gasteiger charge is -2.06. The molecule has 2 rings (SSSR count). The third kappa shape index (κ3) is 3.87. The van der Waals surface area contributed by atoms with Gasteiger partial charge in [-0.05, 0) is 18.2 Å². The van der Waals surface area contributed by atoms with E-state index in [1.54, 1.807) is 30.3 Å². The van der Waals surface area contributed by atoms with Crippen LogP contribution in [0.15, 0.2) is 54.6 Å². The van der Waals surface area contributed by atoms with E-state index in [-0.39, 0.29) is 11.4 Å². The first-order valence-electron chi connectivity index (χ1n) is 5.98. The molecule has 0 saturated heterocycles. The molecule has 3 amide bonds. The Morgan fingerprint density at radius 3 is 2.38 bits per heavy atom. The molecule has 0 spiro atoms. The summed E-state index contributed by atoms with van der Waals surface area (Å²) < 4.78 is 0. The monoisotopic (exact) mass is 285 g/mol. The topological polar surface area (TPSA) is 101 Å². The molecule has 7 heteroatoms. The van der Waals surface area contributed by atoms with Crippen LogP contribution in [0.4, 0.5) is 16.2 Å². The smallest absolute Gasteiger partial charge is 0.307 e. The fourth-order valence-corrected chi connectivity index (χ4v) is 1.62. The number of urea groups is 1. The average Bonchev–Trinajstić information content (AvgIpc) is 2.48. The highest BCUT2D eigenvalue weighted by Gasteiger charge is 2.11. The Morgan fingerprint density at radius 2 is 1.71 bits per heavy atom. The number of hydrogen-bond acceptors (Lipinski definition) is 4. The molecule has 0 bridgehead atoms. The number of nitro benzene ring substituents is 1. The number of carbonyl (C=O) groups excluding carboxylic acids is 2. The van der Waals surface area contributed by atoms with Gasteiger partial charge in [0.05, 0.1) is 4.92 Å². The molecule has 2 aromatic rings. The number of benzene rings is 2. The largest absolute Gasteiger partial charge is 0.326 e. The first kappa shape index (κ1) is 14.2. The molecule has 106 valence electrons. The minimum Gasteiger partial charge on any atom is -0.307 e. The van der Waals surface area contributed by atoms with Gasteiger partial charge in [-0.1, -0.05) is 24.3 Å². The summed E-state index contributed by atoms with van der Waals surface area (Å²) in [5.41, 5.74) is 0.413. The van der Waals surface area contributed by atoms with E-state index in [1.807, 2.05) is 0 Å². The summed E-state index contributed by atoms with van der Waals surface area (Å²) >= 11 is 0. The summed E-state index contributed by atoms with van der Waals surface area (Å²) in [7, 11) is 0. The summed E-state index contributed by atoms with van der Waals surface area (Å²) in [6.45, 7) is 0. The van der Waals surface area contributed by atoms with Crippen molar-refractivity contribution in [1.29, 1.82) is 0 Å². The second-order valence-electron chi connectivity index (χ2n) is 4.08. The maximum atomic E-state index is 11.7. The van der Waals surface area contributed by atoms with Gasteiger partial charge in [0.25, 0.3) is 11.6 Å². The molecule has 0 saturated carbocycles. The van der Waals surface area contributed by atoms with E-state index in [0.29, 0.717) is 5.56 Å². The van der Waals surface area contributed by atoms with Crippen molar-refractivity contribution < 1.29 is 14.5 Å². The minimum absolute atomic E-state index is 0.151. The lowest BCUT2D eigenvalue weighted by Crippen LogP contribution is -2.34. The van der Waals surface area contributed by atoms with Gasteiger partial charge in [0.2, 0.25) is 0 Å². The number of carbonyl (C=O) groups is 2. The van der Waals surface area contributed by atoms with Crippen LogP contribution in [0.1, 0.15) is 10.4 Å². The number of imide groups is 1. The highest BCUT2D eigenvalue weighted by atomic mass is 16.6. The molecule has 0 aliphatic rings. The zero-order chi connectivity index (χ0) is 15.2. The highest BCUT2D eigenvalue weighted by Crippen LogP contribution is 2.16. The summed E-state index contributed by atoms with van der Waals surface area (Å²) in [5, 5.41) is 15.1. The molecule has 0 aromatic heterocycles. The van der Waals surface area contributed by atoms with Crippen molar-refractivity contribution >= 4 is 23.3 Å². The number of nitro groups is 1. The molecule has 0 radical (unpaired) electrons. The SMILES string of the molecule is O=C(NC(=O)c1ccccc1)Nc1cccc([N+](=O)[O-])c1. The molecule has 21 heavy (non-hydrogen) atoms. The summed E-state index contributed by atoms with van der Waals surface area (Å²) in [4.78, 5) is 33.5. The fraction of sp³-hybridized carbons (Fsp3) is 0. The second-order valence-corrected chi connectivity index (χ2v) is 4.08. The van der Waals surface area contributed by atoms with Crippen molar-refractivity contribution in [3.63, 3.8) is 0 Å². The molecular weight excluding hydrogens is 274 g/mol. The Kier molecular flexibility index (Phi) is 4.25. The predicted molar refractivity (Wildman–Crippen MR) is 76.0 cm³/mol. The summed E-state index contributed by atoms with van der Waals surface area (Å²) in [5.74, 6) is -0.557. The van der Waals surface area contributed by atoms with Crippen LogP contribution in [0.2, 0.25) is 0 Å². The van der Waals surface area contributed by atoms with Crippen molar-refractivity contribution in [2.75, 3.05) is 5.32 Å². The van der Waals surface area contributed by atoms with E-state index in [2.05, 4.69) is 10.6 Å². The van der Waals surface area contributed by atoms with Gasteiger partial charge in [0.1, 0.15) is 0 Å². The number of amides is 3. The third-order valence-electron chi connectivity index (χ3n) is 2.58. The van der Waals surface area contributed by atoms with Gasteiger partial charge in [-0.25, -0.2) is 4.79 Å². The van der Waals surface area contributed by atoms with Crippen LogP contribution in [-0.2, 0) is 0 Å². The van der Waals surface area contributed by atoms with E-state index in [9.17, 15) is 19.7 Å². The number of non-ortho nitro benzene ring substituents is 1. The Hall–Kier alpha value is -3.22. The normalized spacial score (nSPS) is 9.71. The Labute approximate surface area is 119 Å². The second kappa shape index (κ2) is 6.29. The van der Waals surface area contributed by atoms with Crippen LogP contribution >= 0.6 is 0 Å². The molecule has 0 unspecified atom stereocenters. The lowest BCUT2D eigenvalue weighted by molar-refractivity contribution is -0.384. The molecule has 7 nitrogen and oxygen atoms in total. The van der Waals surface area contributed by atoms with Crippen molar-refractivity contribution in [3.05, 3.63) is 70.3 Å². The van der Waals surface area contributed by atoms with Crippen molar-refractivity contribution in [1.82, 2.24) is 5.32 Å². The van der Waals surface area contributed by atoms with E-state index in [4.69, 9.17) is 0 Å². The zero-order valence-electron chi connectivity index (χ0n) is 10.8. The molecule has 0 heterocycles. The van der Waals surface area contributed by atoms with Gasteiger partial charge in [0.15, 0.2) is 0 Å². The highest BCUT2D eigenvalue weighted by molar-refractivity contribution is 6.07. The molecular formula is C14H11N3O4. The molecule has 0 aliphatic carbocycles. The summed E-state index contributed by atoms with van der Waals surface area (Å²) in [6.07, 6.45) is 0. The van der Waals surface area contributed by atoms with Crippen LogP contribution in [-0.4, -0.2) is 16.9 Å². The predicted octanol–water partition coefficient (Wildman–Crippen LogP) is 2.56. The maximum absolute atomic E-state index is 11.7. The maximum Gasteiger partial charge on any atom is 0.326 e. The molecule has 0 fully saturated rings. The average molecular weight is 285 g/mol. The standard InChI is InChI=1S/C14H11N3O4/c18-13(10-5-2-1-3-6-10)16-14(19)15-11-7-4-8-12(9-11)17(20)21/h1-9H,(H2,15,16,18,19). The Balaban J connectivity index is 2.00. The number of rotatable bonds is 3. The van der Waals surface area contributed by atoms with Crippen LogP contribution in [0, 0.1) is 10.1 Å². The van der Waals surface area contributed by atoms with Crippen molar-refractivity contribution in [3.8, 4) is 0 Å². The minimum atomic E-state index is -0.760. The molecule has 0 atom stereocenters. The first-order chi connectivity index (χ1) is 10.1. The van der Waals surface area contributed by atoms with Gasteiger partial charge >= 0.3 is 6.03 Å². The zero-order valence-corrected chi connectivity index (χ0v) is 10.8. The quantitative estimate of drug-likeness (QED) is 0.668. The van der Waals surface area contributed by atoms with E-state index < -0.39 is 16.9 Å². The van der Waals surface area contributed by atoms with Crippen LogP contribution < -0.4 is 10.6 Å². The van der Waals surface area contributed by atoms with E-state index in [1.165, 1.54) is 24.3 Å². The van der Waals surface area contributed by atoms with Gasteiger partial charge in [-0.2, -0.15) is 0 Å². The Morgan fingerprint density at radius 1 is 1.00 bits per heavy atom. The number of anilines is 1. The van der Waals surface area contributed by atoms with Gasteiger partial charge in [-0.15, -0.1) is 0 Å². The lowest BCUT2D eigenvalue weighted by atomic mass is 10.2. The molecule has 2 aromatic carbocycles. The van der Waals surface area contributed by atoms with Crippen LogP contribution in [0.3, 0.4) is 0 Å². The number of nitrogens with zero attached hydrogens (tertiary/aromatic N) is 1. The van der Waals surface area contributed by atoms with Crippen molar-refractivity contribution in [2.24, 2.45) is 0 Å². The van der Waals surface area contributed by atoms with Gasteiger partial charge in [0, 0.05) is 23.4 Å². The van der Waals surface area contributed by atoms with Gasteiger partial charge < -0.3 is 5.32 Å². The molecule has 0 aliphatic heterocycles. The number of hydrogen-bond donors (Lipinski definition) is 2. The third-order valence-corrected chi connectivity index (χ3v) is 2.58. The van der Waals surface area contributed by atoms with Crippen LogP contribution in [0.5, 0.6) is 0 Å². The summed E-state index contributed by atoms with van der Waals surface area (Å²) in [6, 6.07) is 12.9. The van der Waals surface area contributed by atoms with E-state index in [0.717, 1.165) is 0 Å². The van der Waals surface area contributed by atoms with Crippen molar-refractivity contribution in [2.45, 2.75) is 0 Å². The first-order valence-corrected chi connectivity index (χ1v) is 5.98. The molecule has 2 N–H and O–H groups in total. The Bertz CT molecular complexity index is 686. The van der Waals surface area contributed by atoms with Gasteiger partial charge in [-0.3, -0.25) is 20.2 Å². The number of nitrogens with one attached hydrogen (secondary N) is 2.